The standard InChI is InChI=1S/C17H23NO3S/c19-16(20)9-8-12-5-3-4-10-18(12)17(21)14-11-22-15-7-2-1-6-13(14)15/h11-12H,1-10H2,(H,19,20). The Morgan fingerprint density at radius 2 is 2.05 bits per heavy atom. The van der Waals surface area contributed by atoms with Gasteiger partial charge in [-0.25, -0.2) is 0 Å². The maximum atomic E-state index is 13.0. The van der Waals surface area contributed by atoms with Crippen LogP contribution in [0.1, 0.15) is 65.7 Å². The van der Waals surface area contributed by atoms with E-state index in [1.54, 1.807) is 11.3 Å². The quantitative estimate of drug-likeness (QED) is 0.923. The van der Waals surface area contributed by atoms with E-state index < -0.39 is 5.97 Å². The van der Waals surface area contributed by atoms with Crippen LogP contribution in [-0.4, -0.2) is 34.5 Å². The van der Waals surface area contributed by atoms with E-state index in [4.69, 9.17) is 5.11 Å². The number of aryl methyl sites for hydroxylation is 1. The zero-order chi connectivity index (χ0) is 15.5. The molecule has 1 aromatic rings. The fourth-order valence-electron chi connectivity index (χ4n) is 3.69. The summed E-state index contributed by atoms with van der Waals surface area (Å²) in [5.41, 5.74) is 2.16. The highest BCUT2D eigenvalue weighted by Crippen LogP contribution is 2.32. The van der Waals surface area contributed by atoms with Crippen molar-refractivity contribution in [2.75, 3.05) is 6.54 Å². The number of hydrogen-bond acceptors (Lipinski definition) is 3. The molecule has 2 aliphatic rings. The molecule has 2 heterocycles. The van der Waals surface area contributed by atoms with Gasteiger partial charge in [-0.05, 0) is 56.9 Å². The Bertz CT molecular complexity index is 566. The number of aliphatic carboxylic acids is 1. The Hall–Kier alpha value is -1.36. The summed E-state index contributed by atoms with van der Waals surface area (Å²) in [7, 11) is 0. The summed E-state index contributed by atoms with van der Waals surface area (Å²) in [4.78, 5) is 27.1. The molecule has 1 fully saturated rings. The molecular formula is C17H23NO3S. The number of amides is 1. The van der Waals surface area contributed by atoms with Gasteiger partial charge in [-0.2, -0.15) is 0 Å². The van der Waals surface area contributed by atoms with Crippen molar-refractivity contribution in [1.82, 2.24) is 4.90 Å². The number of carbonyl (C=O) groups is 2. The molecule has 1 aliphatic heterocycles. The van der Waals surface area contributed by atoms with Gasteiger partial charge < -0.3 is 10.0 Å². The fraction of sp³-hybridized carbons (Fsp3) is 0.647. The molecule has 1 unspecified atom stereocenters. The van der Waals surface area contributed by atoms with Gasteiger partial charge in [-0.1, -0.05) is 0 Å². The third-order valence-corrected chi connectivity index (χ3v) is 5.96. The number of carboxylic acids is 1. The number of nitrogens with zero attached hydrogens (tertiary/aromatic N) is 1. The van der Waals surface area contributed by atoms with Gasteiger partial charge in [-0.15, -0.1) is 11.3 Å². The van der Waals surface area contributed by atoms with Crippen LogP contribution < -0.4 is 0 Å². The third-order valence-electron chi connectivity index (χ3n) is 4.87. The molecule has 0 saturated carbocycles. The van der Waals surface area contributed by atoms with Gasteiger partial charge in [-0.3, -0.25) is 9.59 Å². The number of carboxylic acid groups (broad SMARTS) is 1. The lowest BCUT2D eigenvalue weighted by molar-refractivity contribution is -0.137. The lowest BCUT2D eigenvalue weighted by Gasteiger charge is -2.36. The number of carbonyl (C=O) groups excluding carboxylic acids is 1. The van der Waals surface area contributed by atoms with Crippen LogP contribution in [0.15, 0.2) is 5.38 Å². The molecule has 1 atom stereocenters. The second kappa shape index (κ2) is 6.82. The van der Waals surface area contributed by atoms with Crippen molar-refractivity contribution in [1.29, 1.82) is 0 Å². The minimum Gasteiger partial charge on any atom is -0.481 e. The zero-order valence-electron chi connectivity index (χ0n) is 12.8. The average Bonchev–Trinajstić information content (AvgIpc) is 2.96. The number of rotatable bonds is 4. The van der Waals surface area contributed by atoms with Gasteiger partial charge in [0.05, 0.1) is 5.56 Å². The zero-order valence-corrected chi connectivity index (χ0v) is 13.7. The summed E-state index contributed by atoms with van der Waals surface area (Å²) < 4.78 is 0. The second-order valence-electron chi connectivity index (χ2n) is 6.34. The highest BCUT2D eigenvalue weighted by Gasteiger charge is 2.30. The first-order valence-electron chi connectivity index (χ1n) is 8.29. The molecule has 0 bridgehead atoms. The number of piperidine rings is 1. The van der Waals surface area contributed by atoms with E-state index >= 15 is 0 Å². The second-order valence-corrected chi connectivity index (χ2v) is 7.30. The fourth-order valence-corrected chi connectivity index (χ4v) is 4.81. The van der Waals surface area contributed by atoms with E-state index in [9.17, 15) is 9.59 Å². The predicted molar refractivity (Wildman–Crippen MR) is 86.5 cm³/mol. The van der Waals surface area contributed by atoms with Gasteiger partial charge in [0.15, 0.2) is 0 Å². The van der Waals surface area contributed by atoms with E-state index in [0.717, 1.165) is 44.2 Å². The van der Waals surface area contributed by atoms with Crippen molar-refractivity contribution in [2.45, 2.75) is 63.8 Å². The van der Waals surface area contributed by atoms with Gasteiger partial charge in [0, 0.05) is 29.3 Å². The normalized spacial score (nSPS) is 21.5. The number of hydrogen-bond donors (Lipinski definition) is 1. The van der Waals surface area contributed by atoms with Crippen LogP contribution in [0.5, 0.6) is 0 Å². The summed E-state index contributed by atoms with van der Waals surface area (Å²) in [6.07, 6.45) is 8.31. The monoisotopic (exact) mass is 321 g/mol. The summed E-state index contributed by atoms with van der Waals surface area (Å²) in [6.45, 7) is 0.772. The largest absolute Gasteiger partial charge is 0.481 e. The third kappa shape index (κ3) is 3.19. The Labute approximate surface area is 135 Å². The Kier molecular flexibility index (Phi) is 4.81. The first kappa shape index (κ1) is 15.5. The summed E-state index contributed by atoms with van der Waals surface area (Å²) in [5.74, 6) is -0.639. The Balaban J connectivity index is 1.76. The molecule has 5 heteroatoms. The Morgan fingerprint density at radius 1 is 1.23 bits per heavy atom. The number of fused-ring (bicyclic) bond motifs is 1. The molecule has 120 valence electrons. The van der Waals surface area contributed by atoms with E-state index in [1.807, 2.05) is 10.3 Å². The highest BCUT2D eigenvalue weighted by atomic mass is 32.1. The molecule has 0 aromatic carbocycles. The molecule has 3 rings (SSSR count). The van der Waals surface area contributed by atoms with Crippen LogP contribution in [0, 0.1) is 0 Å². The van der Waals surface area contributed by atoms with Gasteiger partial charge in [0.1, 0.15) is 0 Å². The van der Waals surface area contributed by atoms with Crippen molar-refractivity contribution in [3.63, 3.8) is 0 Å². The highest BCUT2D eigenvalue weighted by molar-refractivity contribution is 7.10. The molecule has 0 radical (unpaired) electrons. The maximum absolute atomic E-state index is 13.0. The van der Waals surface area contributed by atoms with Crippen molar-refractivity contribution in [3.8, 4) is 0 Å². The minimum atomic E-state index is -0.772. The van der Waals surface area contributed by atoms with E-state index in [-0.39, 0.29) is 18.4 Å². The molecular weight excluding hydrogens is 298 g/mol. The maximum Gasteiger partial charge on any atom is 0.303 e. The summed E-state index contributed by atoms with van der Waals surface area (Å²) in [6, 6.07) is 0.0940. The summed E-state index contributed by atoms with van der Waals surface area (Å²) in [5, 5.41) is 10.9. The van der Waals surface area contributed by atoms with Crippen molar-refractivity contribution < 1.29 is 14.7 Å². The molecule has 1 saturated heterocycles. The smallest absolute Gasteiger partial charge is 0.303 e. The lowest BCUT2D eigenvalue weighted by atomic mass is 9.93. The van der Waals surface area contributed by atoms with E-state index in [1.165, 1.54) is 23.3 Å². The lowest BCUT2D eigenvalue weighted by Crippen LogP contribution is -2.44. The van der Waals surface area contributed by atoms with Gasteiger partial charge in [0.2, 0.25) is 0 Å². The van der Waals surface area contributed by atoms with Gasteiger partial charge >= 0.3 is 5.97 Å². The minimum absolute atomic E-state index is 0.0940. The first-order valence-corrected chi connectivity index (χ1v) is 9.17. The molecule has 1 amide bonds. The summed E-state index contributed by atoms with van der Waals surface area (Å²) >= 11 is 1.72. The van der Waals surface area contributed by atoms with E-state index in [0.29, 0.717) is 6.42 Å². The average molecular weight is 321 g/mol. The topological polar surface area (TPSA) is 57.6 Å². The molecule has 4 nitrogen and oxygen atoms in total. The van der Waals surface area contributed by atoms with Crippen molar-refractivity contribution in [3.05, 3.63) is 21.4 Å². The van der Waals surface area contributed by atoms with Crippen LogP contribution in [0.25, 0.3) is 0 Å². The molecule has 22 heavy (non-hydrogen) atoms. The van der Waals surface area contributed by atoms with Crippen LogP contribution in [0.2, 0.25) is 0 Å². The first-order chi connectivity index (χ1) is 10.7. The number of likely N-dealkylation sites (tertiary alicyclic amines) is 1. The molecule has 0 spiro atoms. The van der Waals surface area contributed by atoms with Crippen molar-refractivity contribution >= 4 is 23.2 Å². The van der Waals surface area contributed by atoms with Gasteiger partial charge in [0.25, 0.3) is 5.91 Å². The van der Waals surface area contributed by atoms with E-state index in [2.05, 4.69) is 0 Å². The Morgan fingerprint density at radius 3 is 2.86 bits per heavy atom. The predicted octanol–water partition coefficient (Wildman–Crippen LogP) is 3.49. The van der Waals surface area contributed by atoms with Crippen LogP contribution in [0.3, 0.4) is 0 Å². The van der Waals surface area contributed by atoms with Crippen molar-refractivity contribution in [2.24, 2.45) is 0 Å². The van der Waals surface area contributed by atoms with Crippen LogP contribution in [0.4, 0.5) is 0 Å². The molecule has 1 aromatic heterocycles. The SMILES string of the molecule is O=C(O)CCC1CCCCN1C(=O)c1csc2c1CCCC2. The number of thiophene rings is 1. The van der Waals surface area contributed by atoms with Crippen LogP contribution >= 0.6 is 11.3 Å². The molecule has 1 N–H and O–H groups in total. The molecule has 1 aliphatic carbocycles. The van der Waals surface area contributed by atoms with Crippen LogP contribution in [-0.2, 0) is 17.6 Å².